The molecule has 26 heavy (non-hydrogen) atoms. The molecule has 5 nitrogen and oxygen atoms in total. The number of hydrogen-bond acceptors (Lipinski definition) is 5. The van der Waals surface area contributed by atoms with Crippen molar-refractivity contribution in [3.05, 3.63) is 11.4 Å². The summed E-state index contributed by atoms with van der Waals surface area (Å²) in [6, 6.07) is 2.06. The Morgan fingerprint density at radius 3 is 2.69 bits per heavy atom. The van der Waals surface area contributed by atoms with E-state index in [9.17, 15) is 8.42 Å². The van der Waals surface area contributed by atoms with Crippen molar-refractivity contribution in [3.63, 3.8) is 0 Å². The van der Waals surface area contributed by atoms with Gasteiger partial charge in [0.05, 0.1) is 7.11 Å². The third-order valence-corrected chi connectivity index (χ3v) is 8.32. The lowest BCUT2D eigenvalue weighted by atomic mass is 10.1. The molecule has 2 heterocycles. The van der Waals surface area contributed by atoms with Crippen LogP contribution in [0.1, 0.15) is 64.7 Å². The van der Waals surface area contributed by atoms with Crippen LogP contribution < -0.4 is 10.1 Å². The fourth-order valence-electron chi connectivity index (χ4n) is 3.40. The lowest BCUT2D eigenvalue weighted by Crippen LogP contribution is -2.34. The molecule has 1 atom stereocenters. The highest BCUT2D eigenvalue weighted by molar-refractivity contribution is 7.91. The van der Waals surface area contributed by atoms with Crippen LogP contribution in [0.25, 0.3) is 0 Å². The van der Waals surface area contributed by atoms with Crippen molar-refractivity contribution >= 4 is 21.4 Å². The molecule has 7 heteroatoms. The SMILES string of the molecule is CCCCCCCCNC1CCCN(S(=O)(=O)c2cc(OC)cs2)CC1. The zero-order valence-electron chi connectivity index (χ0n) is 16.2. The van der Waals surface area contributed by atoms with E-state index < -0.39 is 10.0 Å². The highest BCUT2D eigenvalue weighted by atomic mass is 32.2. The molecule has 1 aromatic heterocycles. The first-order valence-corrected chi connectivity index (χ1v) is 12.3. The molecule has 1 unspecified atom stereocenters. The Labute approximate surface area is 163 Å². The van der Waals surface area contributed by atoms with Crippen molar-refractivity contribution in [3.8, 4) is 5.75 Å². The third-order valence-electron chi connectivity index (χ3n) is 5.03. The molecule has 0 bridgehead atoms. The number of unbranched alkanes of at least 4 members (excludes halogenated alkanes) is 5. The van der Waals surface area contributed by atoms with Crippen LogP contribution in [-0.4, -0.2) is 45.5 Å². The van der Waals surface area contributed by atoms with E-state index in [1.807, 2.05) is 0 Å². The monoisotopic (exact) mass is 402 g/mol. The van der Waals surface area contributed by atoms with Gasteiger partial charge in [-0.25, -0.2) is 8.42 Å². The Hall–Kier alpha value is -0.630. The molecule has 1 aliphatic rings. The lowest BCUT2D eigenvalue weighted by Gasteiger charge is -2.19. The van der Waals surface area contributed by atoms with Crippen LogP contribution in [0.15, 0.2) is 15.7 Å². The summed E-state index contributed by atoms with van der Waals surface area (Å²) in [6.45, 7) is 4.49. The fourth-order valence-corrected chi connectivity index (χ4v) is 6.16. The molecule has 1 N–H and O–H groups in total. The van der Waals surface area contributed by atoms with E-state index in [2.05, 4.69) is 12.2 Å². The van der Waals surface area contributed by atoms with E-state index in [4.69, 9.17) is 4.74 Å². The van der Waals surface area contributed by atoms with E-state index in [-0.39, 0.29) is 0 Å². The maximum Gasteiger partial charge on any atom is 0.252 e. The summed E-state index contributed by atoms with van der Waals surface area (Å²) in [6.07, 6.45) is 10.7. The summed E-state index contributed by atoms with van der Waals surface area (Å²) in [5, 5.41) is 5.38. The van der Waals surface area contributed by atoms with Crippen LogP contribution in [0.2, 0.25) is 0 Å². The van der Waals surface area contributed by atoms with Gasteiger partial charge in [0.15, 0.2) is 0 Å². The molecule has 150 valence electrons. The number of hydrogen-bond donors (Lipinski definition) is 1. The molecule has 1 aliphatic heterocycles. The standard InChI is InChI=1S/C19H34N2O3S2/c1-3-4-5-6-7-8-12-20-17-10-9-13-21(14-11-17)26(22,23)19-15-18(24-2)16-25-19/h15-17,20H,3-14H2,1-2H3. The highest BCUT2D eigenvalue weighted by Gasteiger charge is 2.28. The van der Waals surface area contributed by atoms with E-state index in [0.717, 1.165) is 25.8 Å². The normalized spacial score (nSPS) is 19.4. The largest absolute Gasteiger partial charge is 0.496 e. The van der Waals surface area contributed by atoms with Gasteiger partial charge < -0.3 is 10.1 Å². The van der Waals surface area contributed by atoms with Crippen molar-refractivity contribution in [1.82, 2.24) is 9.62 Å². The molecule has 0 aromatic carbocycles. The Morgan fingerprint density at radius 1 is 1.19 bits per heavy atom. The Morgan fingerprint density at radius 2 is 1.96 bits per heavy atom. The van der Waals surface area contributed by atoms with E-state index in [1.54, 1.807) is 22.9 Å². The molecule has 0 saturated carbocycles. The van der Waals surface area contributed by atoms with Crippen molar-refractivity contribution in [2.45, 2.75) is 75.0 Å². The summed E-state index contributed by atoms with van der Waals surface area (Å²) in [5.41, 5.74) is 0. The second-order valence-electron chi connectivity index (χ2n) is 7.06. The predicted octanol–water partition coefficient (Wildman–Crippen LogP) is 4.25. The lowest BCUT2D eigenvalue weighted by molar-refractivity contribution is 0.409. The van der Waals surface area contributed by atoms with Crippen molar-refractivity contribution in [1.29, 1.82) is 0 Å². The maximum atomic E-state index is 12.8. The topological polar surface area (TPSA) is 58.6 Å². The quantitative estimate of drug-likeness (QED) is 0.562. The molecule has 0 aliphatic carbocycles. The molecule has 0 amide bonds. The Bertz CT molecular complexity index is 616. The van der Waals surface area contributed by atoms with Gasteiger partial charge in [0.1, 0.15) is 9.96 Å². The van der Waals surface area contributed by atoms with E-state index >= 15 is 0 Å². The van der Waals surface area contributed by atoms with Gasteiger partial charge >= 0.3 is 0 Å². The fraction of sp³-hybridized carbons (Fsp3) is 0.789. The molecular formula is C19H34N2O3S2. The number of nitrogens with one attached hydrogen (secondary N) is 1. The van der Waals surface area contributed by atoms with Gasteiger partial charge in [0.2, 0.25) is 0 Å². The van der Waals surface area contributed by atoms with Gasteiger partial charge in [-0.1, -0.05) is 39.0 Å². The molecule has 1 aromatic rings. The zero-order chi connectivity index (χ0) is 18.8. The van der Waals surface area contributed by atoms with Gasteiger partial charge in [-0.05, 0) is 32.2 Å². The van der Waals surface area contributed by atoms with Gasteiger partial charge in [-0.2, -0.15) is 4.31 Å². The predicted molar refractivity (Wildman–Crippen MR) is 109 cm³/mol. The van der Waals surface area contributed by atoms with Gasteiger partial charge in [0.25, 0.3) is 10.0 Å². The summed E-state index contributed by atoms with van der Waals surface area (Å²) in [7, 11) is -1.83. The minimum absolute atomic E-state index is 0.382. The maximum absolute atomic E-state index is 12.8. The van der Waals surface area contributed by atoms with Crippen molar-refractivity contribution in [2.75, 3.05) is 26.7 Å². The van der Waals surface area contributed by atoms with E-state index in [1.165, 1.54) is 49.9 Å². The number of ether oxygens (including phenoxy) is 1. The first-order valence-electron chi connectivity index (χ1n) is 9.94. The van der Waals surface area contributed by atoms with Gasteiger partial charge in [0, 0.05) is 30.6 Å². The van der Waals surface area contributed by atoms with Gasteiger partial charge in [-0.15, -0.1) is 11.3 Å². The highest BCUT2D eigenvalue weighted by Crippen LogP contribution is 2.29. The third kappa shape index (κ3) is 6.51. The van der Waals surface area contributed by atoms with Crippen molar-refractivity contribution < 1.29 is 13.2 Å². The second-order valence-corrected chi connectivity index (χ2v) is 10.1. The number of sulfonamides is 1. The van der Waals surface area contributed by atoms with Gasteiger partial charge in [-0.3, -0.25) is 0 Å². The van der Waals surface area contributed by atoms with Crippen LogP contribution in [0, 0.1) is 0 Å². The van der Waals surface area contributed by atoms with Crippen LogP contribution >= 0.6 is 11.3 Å². The Kier molecular flexibility index (Phi) is 9.39. The Balaban J connectivity index is 1.75. The van der Waals surface area contributed by atoms with Crippen LogP contribution in [0.5, 0.6) is 5.75 Å². The molecule has 2 rings (SSSR count). The molecule has 1 saturated heterocycles. The average molecular weight is 403 g/mol. The molecule has 1 fully saturated rings. The summed E-state index contributed by atoms with van der Waals surface area (Å²) in [4.78, 5) is 0. The minimum atomic E-state index is -3.39. The number of methoxy groups -OCH3 is 1. The number of thiophene rings is 1. The second kappa shape index (κ2) is 11.3. The number of nitrogens with zero attached hydrogens (tertiary/aromatic N) is 1. The molecular weight excluding hydrogens is 368 g/mol. The molecule has 0 spiro atoms. The zero-order valence-corrected chi connectivity index (χ0v) is 17.8. The van der Waals surface area contributed by atoms with Crippen molar-refractivity contribution in [2.24, 2.45) is 0 Å². The van der Waals surface area contributed by atoms with Crippen LogP contribution in [0.4, 0.5) is 0 Å². The van der Waals surface area contributed by atoms with E-state index in [0.29, 0.717) is 29.1 Å². The summed E-state index contributed by atoms with van der Waals surface area (Å²) >= 11 is 1.24. The molecule has 0 radical (unpaired) electrons. The summed E-state index contributed by atoms with van der Waals surface area (Å²) in [5.74, 6) is 0.613. The minimum Gasteiger partial charge on any atom is -0.496 e. The smallest absolute Gasteiger partial charge is 0.252 e. The van der Waals surface area contributed by atoms with Crippen LogP contribution in [-0.2, 0) is 10.0 Å². The number of rotatable bonds is 11. The van der Waals surface area contributed by atoms with Crippen LogP contribution in [0.3, 0.4) is 0 Å². The summed E-state index contributed by atoms with van der Waals surface area (Å²) < 4.78 is 32.8. The first kappa shape index (κ1) is 21.7. The average Bonchev–Trinajstić information content (AvgIpc) is 3.00. The first-order chi connectivity index (χ1) is 12.6.